The quantitative estimate of drug-likeness (QED) is 0.798. The number of halogens is 2. The van der Waals surface area contributed by atoms with Gasteiger partial charge < -0.3 is 5.11 Å². The van der Waals surface area contributed by atoms with Crippen molar-refractivity contribution in [3.8, 4) is 0 Å². The fourth-order valence-corrected chi connectivity index (χ4v) is 7.47. The predicted molar refractivity (Wildman–Crippen MR) is 82.9 cm³/mol. The Morgan fingerprint density at radius 1 is 1.42 bits per heavy atom. The highest BCUT2D eigenvalue weighted by Crippen LogP contribution is 2.37. The molecule has 4 nitrogen and oxygen atoms in total. The molecule has 1 N–H and O–H groups in total. The second kappa shape index (κ2) is 6.11. The molecule has 8 heteroatoms. The maximum Gasteiger partial charge on any atom is 0.245 e. The molecule has 0 bridgehead atoms. The molecule has 108 valence electrons. The third kappa shape index (κ3) is 3.41. The average Bonchev–Trinajstić information content (AvgIpc) is 2.69. The van der Waals surface area contributed by atoms with Crippen LogP contribution in [0.15, 0.2) is 18.5 Å². The van der Waals surface area contributed by atoms with Gasteiger partial charge in [0, 0.05) is 13.1 Å². The molecule has 0 aromatic carbocycles. The molecule has 0 spiro atoms. The summed E-state index contributed by atoms with van der Waals surface area (Å²) in [5, 5.41) is 9.55. The van der Waals surface area contributed by atoms with E-state index in [-0.39, 0.29) is 12.0 Å². The smallest absolute Gasteiger partial charge is 0.245 e. The third-order valence-electron chi connectivity index (χ3n) is 3.42. The molecule has 0 amide bonds. The number of hydrogen-bond donors (Lipinski definition) is 1. The molecule has 2 rings (SSSR count). The molecule has 1 saturated heterocycles. The summed E-state index contributed by atoms with van der Waals surface area (Å²) >= 11 is 7.95. The highest BCUT2D eigenvalue weighted by molar-refractivity contribution is 9.12. The zero-order chi connectivity index (χ0) is 14.2. The second-order valence-electron chi connectivity index (χ2n) is 4.67. The minimum Gasteiger partial charge on any atom is -0.393 e. The molecule has 1 unspecified atom stereocenters. The zero-order valence-electron chi connectivity index (χ0n) is 10.3. The molecular formula is C11H15Br2NO3S2. The van der Waals surface area contributed by atoms with Crippen LogP contribution in [0.5, 0.6) is 0 Å². The van der Waals surface area contributed by atoms with Crippen LogP contribution in [0.4, 0.5) is 0 Å². The van der Waals surface area contributed by atoms with Crippen molar-refractivity contribution in [1.82, 2.24) is 4.31 Å². The molecule has 1 fully saturated rings. The van der Waals surface area contributed by atoms with E-state index >= 15 is 0 Å². The van der Waals surface area contributed by atoms with E-state index < -0.39 is 10.0 Å². The van der Waals surface area contributed by atoms with Gasteiger partial charge in [-0.15, -0.1) is 11.3 Å². The molecule has 0 saturated carbocycles. The largest absolute Gasteiger partial charge is 0.393 e. The van der Waals surface area contributed by atoms with Crippen molar-refractivity contribution in [2.75, 3.05) is 13.1 Å². The van der Waals surface area contributed by atoms with Crippen molar-refractivity contribution >= 4 is 53.2 Å². The highest BCUT2D eigenvalue weighted by Gasteiger charge is 2.32. The topological polar surface area (TPSA) is 57.6 Å². The molecule has 2 heterocycles. The summed E-state index contributed by atoms with van der Waals surface area (Å²) in [6.45, 7) is 2.71. The number of hydrogen-bond acceptors (Lipinski definition) is 4. The molecule has 1 aromatic rings. The lowest BCUT2D eigenvalue weighted by Crippen LogP contribution is -2.40. The number of nitrogens with zero attached hydrogens (tertiary/aromatic N) is 1. The third-order valence-corrected chi connectivity index (χ3v) is 8.08. The van der Waals surface area contributed by atoms with Crippen LogP contribution in [0.3, 0.4) is 0 Å². The maximum atomic E-state index is 12.5. The standard InChI is InChI=1S/C11H15Br2NO3S2/c1-7(15)8-2-4-14(5-3-8)19(16,17)9-6-10(12)18-11(9)13/h6-8,15H,2-5H2,1H3. The van der Waals surface area contributed by atoms with Gasteiger partial charge in [-0.1, -0.05) is 0 Å². The fraction of sp³-hybridized carbons (Fsp3) is 0.636. The Hall–Kier alpha value is 0.530. The number of thiophene rings is 1. The molecule has 19 heavy (non-hydrogen) atoms. The lowest BCUT2D eigenvalue weighted by atomic mass is 9.93. The van der Waals surface area contributed by atoms with Gasteiger partial charge in [0.2, 0.25) is 10.0 Å². The van der Waals surface area contributed by atoms with Gasteiger partial charge >= 0.3 is 0 Å². The lowest BCUT2D eigenvalue weighted by Gasteiger charge is -2.32. The Bertz CT molecular complexity index is 548. The van der Waals surface area contributed by atoms with Crippen LogP contribution in [-0.4, -0.2) is 37.0 Å². The van der Waals surface area contributed by atoms with Gasteiger partial charge in [-0.05, 0) is 63.6 Å². The number of piperidine rings is 1. The number of rotatable bonds is 3. The Labute approximate surface area is 134 Å². The Kier molecular flexibility index (Phi) is 5.12. The van der Waals surface area contributed by atoms with Crippen molar-refractivity contribution < 1.29 is 13.5 Å². The molecule has 0 radical (unpaired) electrons. The van der Waals surface area contributed by atoms with Gasteiger partial charge in [-0.2, -0.15) is 4.31 Å². The number of aliphatic hydroxyl groups is 1. The van der Waals surface area contributed by atoms with Gasteiger partial charge in [-0.25, -0.2) is 8.42 Å². The van der Waals surface area contributed by atoms with Crippen LogP contribution in [-0.2, 0) is 10.0 Å². The first-order chi connectivity index (χ1) is 8.82. The second-order valence-corrected chi connectivity index (χ2v) is 10.3. The van der Waals surface area contributed by atoms with E-state index in [9.17, 15) is 13.5 Å². The van der Waals surface area contributed by atoms with E-state index in [4.69, 9.17) is 0 Å². The first kappa shape index (κ1) is 15.9. The zero-order valence-corrected chi connectivity index (χ0v) is 15.1. The predicted octanol–water partition coefficient (Wildman–Crippen LogP) is 3.05. The number of sulfonamides is 1. The van der Waals surface area contributed by atoms with Gasteiger partial charge in [0.15, 0.2) is 0 Å². The Morgan fingerprint density at radius 2 is 2.00 bits per heavy atom. The summed E-state index contributed by atoms with van der Waals surface area (Å²) in [4.78, 5) is 0.319. The fourth-order valence-electron chi connectivity index (χ4n) is 2.24. The summed E-state index contributed by atoms with van der Waals surface area (Å²) in [6, 6.07) is 1.63. The van der Waals surface area contributed by atoms with Gasteiger partial charge in [-0.3, -0.25) is 0 Å². The molecule has 1 atom stereocenters. The van der Waals surface area contributed by atoms with Crippen LogP contribution < -0.4 is 0 Å². The van der Waals surface area contributed by atoms with Crippen LogP contribution in [0, 0.1) is 5.92 Å². The summed E-state index contributed by atoms with van der Waals surface area (Å²) in [6.07, 6.45) is 1.05. The van der Waals surface area contributed by atoms with Crippen LogP contribution in [0.1, 0.15) is 19.8 Å². The summed E-state index contributed by atoms with van der Waals surface area (Å²) < 4.78 is 28.0. The molecule has 1 aromatic heterocycles. The Balaban J connectivity index is 2.16. The van der Waals surface area contributed by atoms with E-state index in [1.165, 1.54) is 15.6 Å². The van der Waals surface area contributed by atoms with Crippen LogP contribution in [0.2, 0.25) is 0 Å². The molecule has 1 aliphatic heterocycles. The minimum atomic E-state index is -3.44. The van der Waals surface area contributed by atoms with E-state index in [1.807, 2.05) is 0 Å². The van der Waals surface area contributed by atoms with Gasteiger partial charge in [0.05, 0.1) is 13.7 Å². The summed E-state index contributed by atoms with van der Waals surface area (Å²) in [7, 11) is -3.44. The highest BCUT2D eigenvalue weighted by atomic mass is 79.9. The van der Waals surface area contributed by atoms with Crippen molar-refractivity contribution in [3.63, 3.8) is 0 Å². The van der Waals surface area contributed by atoms with E-state index in [2.05, 4.69) is 31.9 Å². The monoisotopic (exact) mass is 431 g/mol. The van der Waals surface area contributed by atoms with Gasteiger partial charge in [0.1, 0.15) is 4.90 Å². The average molecular weight is 433 g/mol. The van der Waals surface area contributed by atoms with Crippen molar-refractivity contribution in [2.45, 2.75) is 30.8 Å². The molecule has 1 aliphatic rings. The SMILES string of the molecule is CC(O)C1CCN(S(=O)(=O)c2cc(Br)sc2Br)CC1. The minimum absolute atomic E-state index is 0.198. The lowest BCUT2D eigenvalue weighted by molar-refractivity contribution is 0.0912. The summed E-state index contributed by atoms with van der Waals surface area (Å²) in [5.41, 5.74) is 0. The van der Waals surface area contributed by atoms with Crippen LogP contribution in [0.25, 0.3) is 0 Å². The molecular weight excluding hydrogens is 418 g/mol. The van der Waals surface area contributed by atoms with Crippen molar-refractivity contribution in [3.05, 3.63) is 13.6 Å². The first-order valence-electron chi connectivity index (χ1n) is 5.95. The normalized spacial score (nSPS) is 20.6. The first-order valence-corrected chi connectivity index (χ1v) is 9.79. The van der Waals surface area contributed by atoms with Crippen molar-refractivity contribution in [1.29, 1.82) is 0 Å². The summed E-state index contributed by atoms with van der Waals surface area (Å²) in [5.74, 6) is 0.198. The van der Waals surface area contributed by atoms with Crippen molar-refractivity contribution in [2.24, 2.45) is 5.92 Å². The van der Waals surface area contributed by atoms with E-state index in [0.29, 0.717) is 34.6 Å². The molecule has 0 aliphatic carbocycles. The maximum absolute atomic E-state index is 12.5. The van der Waals surface area contributed by atoms with E-state index in [0.717, 1.165) is 3.79 Å². The van der Waals surface area contributed by atoms with E-state index in [1.54, 1.807) is 13.0 Å². The Morgan fingerprint density at radius 3 is 2.42 bits per heavy atom. The number of aliphatic hydroxyl groups excluding tert-OH is 1. The van der Waals surface area contributed by atoms with Crippen LogP contribution >= 0.6 is 43.2 Å². The van der Waals surface area contributed by atoms with Gasteiger partial charge in [0.25, 0.3) is 0 Å².